The van der Waals surface area contributed by atoms with Gasteiger partial charge in [0.2, 0.25) is 0 Å². The van der Waals surface area contributed by atoms with Gasteiger partial charge >= 0.3 is 5.97 Å². The van der Waals surface area contributed by atoms with Gasteiger partial charge in [-0.2, -0.15) is 0 Å². The lowest BCUT2D eigenvalue weighted by atomic mass is 9.74. The highest BCUT2D eigenvalue weighted by Crippen LogP contribution is 2.36. The van der Waals surface area contributed by atoms with Crippen LogP contribution in [0.15, 0.2) is 0 Å². The second-order valence-corrected chi connectivity index (χ2v) is 6.54. The Morgan fingerprint density at radius 3 is 2.33 bits per heavy atom. The molecule has 0 radical (unpaired) electrons. The van der Waals surface area contributed by atoms with Crippen LogP contribution in [0.4, 0.5) is 0 Å². The summed E-state index contributed by atoms with van der Waals surface area (Å²) < 4.78 is 4.74. The molecule has 0 aliphatic carbocycles. The van der Waals surface area contributed by atoms with Gasteiger partial charge in [0.1, 0.15) is 0 Å². The monoisotopic (exact) mass is 256 g/mol. The molecular weight excluding hydrogens is 224 g/mol. The smallest absolute Gasteiger partial charge is 0.305 e. The molecule has 0 rings (SSSR count). The summed E-state index contributed by atoms with van der Waals surface area (Å²) >= 11 is 0. The SMILES string of the molecule is CCC(C)(CCCC(C)C)CC(C)CC(=O)OC. The second kappa shape index (κ2) is 8.55. The molecule has 2 nitrogen and oxygen atoms in total. The number of methoxy groups -OCH3 is 1. The first-order chi connectivity index (χ1) is 8.33. The predicted molar refractivity (Wildman–Crippen MR) is 77.5 cm³/mol. The molecule has 0 aromatic heterocycles. The zero-order chi connectivity index (χ0) is 14.2. The van der Waals surface area contributed by atoms with Crippen molar-refractivity contribution in [3.63, 3.8) is 0 Å². The van der Waals surface area contributed by atoms with Crippen molar-refractivity contribution in [1.29, 1.82) is 0 Å². The maximum absolute atomic E-state index is 11.3. The minimum absolute atomic E-state index is 0.0804. The van der Waals surface area contributed by atoms with Gasteiger partial charge in [-0.05, 0) is 30.1 Å². The van der Waals surface area contributed by atoms with Gasteiger partial charge in [-0.15, -0.1) is 0 Å². The van der Waals surface area contributed by atoms with Crippen molar-refractivity contribution < 1.29 is 9.53 Å². The van der Waals surface area contributed by atoms with Crippen molar-refractivity contribution in [2.75, 3.05) is 7.11 Å². The molecule has 0 saturated heterocycles. The standard InChI is InChI=1S/C16H32O2/c1-7-16(5,10-8-9-13(2)3)12-14(4)11-15(17)18-6/h13-14H,7-12H2,1-6H3. The summed E-state index contributed by atoms with van der Waals surface area (Å²) in [5.41, 5.74) is 0.377. The molecule has 0 heterocycles. The molecule has 0 aliphatic heterocycles. The highest BCUT2D eigenvalue weighted by Gasteiger charge is 2.25. The van der Waals surface area contributed by atoms with E-state index in [0.29, 0.717) is 17.8 Å². The van der Waals surface area contributed by atoms with Gasteiger partial charge in [0.05, 0.1) is 7.11 Å². The van der Waals surface area contributed by atoms with Gasteiger partial charge in [0.15, 0.2) is 0 Å². The molecule has 0 saturated carbocycles. The van der Waals surface area contributed by atoms with Crippen LogP contribution >= 0.6 is 0 Å². The maximum Gasteiger partial charge on any atom is 0.305 e. The molecule has 2 atom stereocenters. The topological polar surface area (TPSA) is 26.3 Å². The molecular formula is C16H32O2. The quantitative estimate of drug-likeness (QED) is 0.553. The van der Waals surface area contributed by atoms with Crippen LogP contribution < -0.4 is 0 Å². The first-order valence-corrected chi connectivity index (χ1v) is 7.39. The molecule has 0 N–H and O–H groups in total. The fourth-order valence-electron chi connectivity index (χ4n) is 2.64. The van der Waals surface area contributed by atoms with Crippen LogP contribution in [0, 0.1) is 17.3 Å². The third-order valence-corrected chi connectivity index (χ3v) is 4.00. The Bertz CT molecular complexity index is 235. The minimum Gasteiger partial charge on any atom is -0.469 e. The molecule has 18 heavy (non-hydrogen) atoms. The van der Waals surface area contributed by atoms with Crippen LogP contribution in [-0.4, -0.2) is 13.1 Å². The van der Waals surface area contributed by atoms with E-state index in [1.807, 2.05) is 0 Å². The first-order valence-electron chi connectivity index (χ1n) is 7.39. The van der Waals surface area contributed by atoms with Crippen LogP contribution in [-0.2, 0) is 9.53 Å². The Hall–Kier alpha value is -0.530. The van der Waals surface area contributed by atoms with Crippen LogP contribution in [0.5, 0.6) is 0 Å². The van der Waals surface area contributed by atoms with Gasteiger partial charge < -0.3 is 4.74 Å². The molecule has 108 valence electrons. The number of esters is 1. The van der Waals surface area contributed by atoms with E-state index in [1.165, 1.54) is 32.8 Å². The fraction of sp³-hybridized carbons (Fsp3) is 0.938. The van der Waals surface area contributed by atoms with E-state index in [2.05, 4.69) is 34.6 Å². The third kappa shape index (κ3) is 7.73. The van der Waals surface area contributed by atoms with E-state index in [1.54, 1.807) is 0 Å². The van der Waals surface area contributed by atoms with Gasteiger partial charge in [0, 0.05) is 6.42 Å². The molecule has 0 spiro atoms. The lowest BCUT2D eigenvalue weighted by molar-refractivity contribution is -0.141. The number of hydrogen-bond donors (Lipinski definition) is 0. The van der Waals surface area contributed by atoms with Crippen LogP contribution in [0.25, 0.3) is 0 Å². The lowest BCUT2D eigenvalue weighted by Crippen LogP contribution is -2.21. The van der Waals surface area contributed by atoms with Crippen molar-refractivity contribution in [1.82, 2.24) is 0 Å². The molecule has 2 unspecified atom stereocenters. The summed E-state index contributed by atoms with van der Waals surface area (Å²) in [5, 5.41) is 0. The van der Waals surface area contributed by atoms with E-state index in [-0.39, 0.29) is 5.97 Å². The highest BCUT2D eigenvalue weighted by molar-refractivity contribution is 5.69. The molecule has 0 aromatic carbocycles. The van der Waals surface area contributed by atoms with Gasteiger partial charge in [0.25, 0.3) is 0 Å². The Kier molecular flexibility index (Phi) is 8.30. The van der Waals surface area contributed by atoms with Gasteiger partial charge in [-0.3, -0.25) is 4.79 Å². The Labute approximate surface area is 113 Å². The van der Waals surface area contributed by atoms with Crippen LogP contribution in [0.3, 0.4) is 0 Å². The number of carbonyl (C=O) groups excluding carboxylic acids is 1. The molecule has 0 aliphatic rings. The number of carbonyl (C=O) groups is 1. The van der Waals surface area contributed by atoms with Crippen LogP contribution in [0.2, 0.25) is 0 Å². The van der Waals surface area contributed by atoms with Crippen molar-refractivity contribution >= 4 is 5.97 Å². The number of rotatable bonds is 9. The van der Waals surface area contributed by atoms with Crippen molar-refractivity contribution in [3.8, 4) is 0 Å². The number of hydrogen-bond acceptors (Lipinski definition) is 2. The largest absolute Gasteiger partial charge is 0.469 e. The predicted octanol–water partition coefficient (Wildman–Crippen LogP) is 4.82. The normalized spacial score (nSPS) is 16.4. The Morgan fingerprint density at radius 1 is 1.28 bits per heavy atom. The summed E-state index contributed by atoms with van der Waals surface area (Å²) in [4.78, 5) is 11.3. The van der Waals surface area contributed by atoms with E-state index in [9.17, 15) is 4.79 Å². The summed E-state index contributed by atoms with van der Waals surface area (Å²) in [5.74, 6) is 1.13. The summed E-state index contributed by atoms with van der Waals surface area (Å²) in [6.45, 7) is 11.3. The zero-order valence-electron chi connectivity index (χ0n) is 13.2. The summed E-state index contributed by atoms with van der Waals surface area (Å²) in [7, 11) is 1.47. The zero-order valence-corrected chi connectivity index (χ0v) is 13.2. The molecule has 0 bridgehead atoms. The highest BCUT2D eigenvalue weighted by atomic mass is 16.5. The van der Waals surface area contributed by atoms with Crippen molar-refractivity contribution in [2.24, 2.45) is 17.3 Å². The van der Waals surface area contributed by atoms with E-state index < -0.39 is 0 Å². The molecule has 0 aromatic rings. The summed E-state index contributed by atoms with van der Waals surface area (Å²) in [6.07, 6.45) is 6.74. The maximum atomic E-state index is 11.3. The third-order valence-electron chi connectivity index (χ3n) is 4.00. The van der Waals surface area contributed by atoms with E-state index in [4.69, 9.17) is 4.74 Å². The number of ether oxygens (including phenoxy) is 1. The van der Waals surface area contributed by atoms with Gasteiger partial charge in [-0.25, -0.2) is 0 Å². The lowest BCUT2D eigenvalue weighted by Gasteiger charge is -2.31. The van der Waals surface area contributed by atoms with Crippen molar-refractivity contribution in [2.45, 2.75) is 73.1 Å². The van der Waals surface area contributed by atoms with E-state index >= 15 is 0 Å². The average molecular weight is 256 g/mol. The minimum atomic E-state index is -0.0804. The second-order valence-electron chi connectivity index (χ2n) is 6.54. The molecule has 2 heteroatoms. The summed E-state index contributed by atoms with van der Waals surface area (Å²) in [6, 6.07) is 0. The average Bonchev–Trinajstić information content (AvgIpc) is 2.27. The molecule has 0 fully saturated rings. The Balaban J connectivity index is 4.15. The molecule has 0 amide bonds. The fourth-order valence-corrected chi connectivity index (χ4v) is 2.64. The van der Waals surface area contributed by atoms with Crippen molar-refractivity contribution in [3.05, 3.63) is 0 Å². The van der Waals surface area contributed by atoms with E-state index in [0.717, 1.165) is 12.3 Å². The van der Waals surface area contributed by atoms with Crippen LogP contribution in [0.1, 0.15) is 73.1 Å². The Morgan fingerprint density at radius 2 is 1.89 bits per heavy atom. The van der Waals surface area contributed by atoms with Gasteiger partial charge in [-0.1, -0.05) is 53.9 Å². The first kappa shape index (κ1) is 17.5.